The Balaban J connectivity index is 1.56. The molecular formula is C27H29ClF3N5O2. The van der Waals surface area contributed by atoms with Gasteiger partial charge in [0, 0.05) is 38.4 Å². The smallest absolute Gasteiger partial charge is 0.416 e. The molecule has 0 unspecified atom stereocenters. The third kappa shape index (κ3) is 5.71. The Bertz CT molecular complexity index is 1300. The van der Waals surface area contributed by atoms with Crippen LogP contribution in [-0.4, -0.2) is 53.1 Å². The van der Waals surface area contributed by atoms with Crippen LogP contribution >= 0.6 is 11.6 Å². The number of ether oxygens (including phenoxy) is 1. The van der Waals surface area contributed by atoms with Gasteiger partial charge in [0.05, 0.1) is 45.4 Å². The Morgan fingerprint density at radius 1 is 1.18 bits per heavy atom. The van der Waals surface area contributed by atoms with E-state index in [0.29, 0.717) is 43.5 Å². The minimum atomic E-state index is -4.53. The van der Waals surface area contributed by atoms with Gasteiger partial charge < -0.3 is 20.3 Å². The number of hydrogen-bond donors (Lipinski definition) is 1. The maximum atomic E-state index is 13.2. The summed E-state index contributed by atoms with van der Waals surface area (Å²) in [5, 5.41) is -0.215. The highest BCUT2D eigenvalue weighted by molar-refractivity contribution is 6.33. The molecule has 3 aromatic rings. The quantitative estimate of drug-likeness (QED) is 0.425. The van der Waals surface area contributed by atoms with Crippen LogP contribution in [-0.2, 0) is 12.7 Å². The fourth-order valence-corrected chi connectivity index (χ4v) is 4.90. The lowest BCUT2D eigenvalue weighted by molar-refractivity contribution is -0.137. The van der Waals surface area contributed by atoms with Crippen molar-refractivity contribution in [3.8, 4) is 17.1 Å². The van der Waals surface area contributed by atoms with Gasteiger partial charge in [-0.15, -0.1) is 0 Å². The van der Waals surface area contributed by atoms with E-state index >= 15 is 0 Å². The van der Waals surface area contributed by atoms with E-state index < -0.39 is 17.6 Å². The number of rotatable bonds is 7. The number of amides is 1. The van der Waals surface area contributed by atoms with Crippen LogP contribution in [0.4, 0.5) is 18.9 Å². The first-order valence-corrected chi connectivity index (χ1v) is 12.8. The largest absolute Gasteiger partial charge is 0.477 e. The van der Waals surface area contributed by atoms with Crippen molar-refractivity contribution < 1.29 is 22.7 Å². The number of nitrogens with zero attached hydrogens (tertiary/aromatic N) is 4. The van der Waals surface area contributed by atoms with Gasteiger partial charge >= 0.3 is 6.18 Å². The van der Waals surface area contributed by atoms with Crippen LogP contribution in [0.25, 0.3) is 11.3 Å². The number of hydrogen-bond acceptors (Lipinski definition) is 6. The number of carbonyl (C=O) groups excluding carboxylic acids is 1. The van der Waals surface area contributed by atoms with E-state index in [1.54, 1.807) is 11.1 Å². The zero-order valence-electron chi connectivity index (χ0n) is 21.1. The molecule has 2 aromatic heterocycles. The number of halogens is 4. The molecule has 0 bridgehead atoms. The Morgan fingerprint density at radius 3 is 2.63 bits per heavy atom. The van der Waals surface area contributed by atoms with Gasteiger partial charge in [-0.3, -0.25) is 4.79 Å². The van der Waals surface area contributed by atoms with Crippen LogP contribution in [0, 0.1) is 0 Å². The van der Waals surface area contributed by atoms with Gasteiger partial charge in [-0.05, 0) is 55.8 Å². The maximum absolute atomic E-state index is 13.2. The van der Waals surface area contributed by atoms with Crippen LogP contribution in [0.3, 0.4) is 0 Å². The third-order valence-electron chi connectivity index (χ3n) is 6.55. The molecule has 1 amide bonds. The molecule has 1 atom stereocenters. The van der Waals surface area contributed by atoms with Gasteiger partial charge in [-0.25, -0.2) is 9.97 Å². The molecule has 0 radical (unpaired) electrons. The molecule has 2 N–H and O–H groups in total. The third-order valence-corrected chi connectivity index (χ3v) is 6.86. The van der Waals surface area contributed by atoms with Crippen LogP contribution in [0.5, 0.6) is 5.88 Å². The predicted molar refractivity (Wildman–Crippen MR) is 140 cm³/mol. The molecule has 0 saturated carbocycles. The zero-order valence-corrected chi connectivity index (χ0v) is 21.9. The van der Waals surface area contributed by atoms with Gasteiger partial charge in [0.2, 0.25) is 5.88 Å². The minimum Gasteiger partial charge on any atom is -0.477 e. The van der Waals surface area contributed by atoms with Crippen molar-refractivity contribution in [2.45, 2.75) is 39.0 Å². The fraction of sp³-hybridized carbons (Fsp3) is 0.370. The Labute approximate surface area is 224 Å². The van der Waals surface area contributed by atoms with Crippen molar-refractivity contribution >= 4 is 23.2 Å². The molecule has 1 aromatic carbocycles. The summed E-state index contributed by atoms with van der Waals surface area (Å²) >= 11 is 6.09. The summed E-state index contributed by atoms with van der Waals surface area (Å²) in [6, 6.07) is 10.4. The van der Waals surface area contributed by atoms with Crippen LogP contribution in [0.15, 0.2) is 48.7 Å². The monoisotopic (exact) mass is 547 g/mol. The van der Waals surface area contributed by atoms with Gasteiger partial charge in [0.25, 0.3) is 5.91 Å². The van der Waals surface area contributed by atoms with E-state index in [-0.39, 0.29) is 23.2 Å². The number of aromatic nitrogens is 2. The summed E-state index contributed by atoms with van der Waals surface area (Å²) < 4.78 is 44.7. The number of pyridine rings is 2. The number of carbonyl (C=O) groups is 1. The lowest BCUT2D eigenvalue weighted by Crippen LogP contribution is -2.55. The van der Waals surface area contributed by atoms with Crippen molar-refractivity contribution in [3.63, 3.8) is 0 Å². The normalized spacial score (nSPS) is 16.0. The molecule has 1 fully saturated rings. The van der Waals surface area contributed by atoms with E-state index in [2.05, 4.69) is 9.88 Å². The molecule has 7 nitrogen and oxygen atoms in total. The summed E-state index contributed by atoms with van der Waals surface area (Å²) in [7, 11) is 0. The highest BCUT2D eigenvalue weighted by Gasteiger charge is 2.34. The molecule has 1 saturated heterocycles. The molecule has 1 aliphatic rings. The topological polar surface area (TPSA) is 84.6 Å². The summed E-state index contributed by atoms with van der Waals surface area (Å²) in [5.41, 5.74) is 8.32. The number of nitrogens with two attached hydrogens (primary N) is 1. The first kappa shape index (κ1) is 27.7. The van der Waals surface area contributed by atoms with Gasteiger partial charge in [0.15, 0.2) is 0 Å². The van der Waals surface area contributed by atoms with Crippen molar-refractivity contribution in [2.75, 3.05) is 31.1 Å². The second-order valence-electron chi connectivity index (χ2n) is 8.85. The Hall–Kier alpha value is -3.37. The number of piperazine rings is 1. The molecule has 4 rings (SSSR count). The average molecular weight is 548 g/mol. The van der Waals surface area contributed by atoms with Gasteiger partial charge in [0.1, 0.15) is 0 Å². The fourth-order valence-electron chi connectivity index (χ4n) is 4.63. The molecule has 38 heavy (non-hydrogen) atoms. The summed E-state index contributed by atoms with van der Waals surface area (Å²) in [6.07, 6.45) is -2.14. The molecule has 1 aliphatic heterocycles. The minimum absolute atomic E-state index is 0.0451. The second kappa shape index (κ2) is 11.6. The van der Waals surface area contributed by atoms with Crippen molar-refractivity contribution in [1.82, 2.24) is 14.9 Å². The number of alkyl halides is 3. The van der Waals surface area contributed by atoms with E-state index in [1.807, 2.05) is 38.1 Å². The van der Waals surface area contributed by atoms with E-state index in [0.717, 1.165) is 35.9 Å². The molecule has 11 heteroatoms. The van der Waals surface area contributed by atoms with E-state index in [1.165, 1.54) is 0 Å². The van der Waals surface area contributed by atoms with Crippen molar-refractivity contribution in [3.05, 3.63) is 70.5 Å². The van der Waals surface area contributed by atoms with Gasteiger partial charge in [-0.1, -0.05) is 18.5 Å². The van der Waals surface area contributed by atoms with E-state index in [9.17, 15) is 18.0 Å². The highest BCUT2D eigenvalue weighted by Crippen LogP contribution is 2.34. The number of benzene rings is 1. The average Bonchev–Trinajstić information content (AvgIpc) is 2.92. The van der Waals surface area contributed by atoms with Crippen LogP contribution < -0.4 is 15.4 Å². The second-order valence-corrected chi connectivity index (χ2v) is 9.26. The Kier molecular flexibility index (Phi) is 8.42. The number of anilines is 1. The predicted octanol–water partition coefficient (Wildman–Crippen LogP) is 5.41. The summed E-state index contributed by atoms with van der Waals surface area (Å²) in [5.74, 6) is 0.105. The van der Waals surface area contributed by atoms with Crippen LogP contribution in [0.1, 0.15) is 41.9 Å². The van der Waals surface area contributed by atoms with Crippen LogP contribution in [0.2, 0.25) is 5.02 Å². The Morgan fingerprint density at radius 2 is 1.97 bits per heavy atom. The first-order chi connectivity index (χ1) is 18.2. The molecule has 3 heterocycles. The lowest BCUT2D eigenvalue weighted by Gasteiger charge is -2.43. The van der Waals surface area contributed by atoms with Crippen molar-refractivity contribution in [1.29, 1.82) is 0 Å². The molecule has 0 aliphatic carbocycles. The molecular weight excluding hydrogens is 519 g/mol. The summed E-state index contributed by atoms with van der Waals surface area (Å²) in [6.45, 7) is 5.86. The van der Waals surface area contributed by atoms with Gasteiger partial charge in [-0.2, -0.15) is 13.2 Å². The SMILES string of the molecule is CCOc1ncccc1-c1ccc(N2CCN(C(=O)c3ccc(C(F)(F)F)cc3Cl)C[C@H]2CC)c(CN)n1. The zero-order chi connectivity index (χ0) is 27.4. The van der Waals surface area contributed by atoms with Crippen molar-refractivity contribution in [2.24, 2.45) is 5.73 Å². The highest BCUT2D eigenvalue weighted by atomic mass is 35.5. The maximum Gasteiger partial charge on any atom is 0.416 e. The molecule has 0 spiro atoms. The standard InChI is InChI=1S/C27H29ClF3N5O2/c1-3-18-16-35(26(37)19-8-7-17(14-21(19)28)27(29,30)31)12-13-36(18)24-10-9-22(34-23(24)15-32)20-6-5-11-33-25(20)38-4-2/h5-11,14,18H,3-4,12-13,15-16,32H2,1-2H3/t18-/m1/s1. The van der Waals surface area contributed by atoms with E-state index in [4.69, 9.17) is 27.1 Å². The summed E-state index contributed by atoms with van der Waals surface area (Å²) in [4.78, 5) is 26.1. The first-order valence-electron chi connectivity index (χ1n) is 12.4. The molecule has 202 valence electrons. The lowest BCUT2D eigenvalue weighted by atomic mass is 10.0.